The minimum absolute atomic E-state index is 0. The first-order valence-electron chi connectivity index (χ1n) is 7.70. The number of halogens is 1. The number of hydrogen-bond donors (Lipinski definition) is 2. The van der Waals surface area contributed by atoms with E-state index in [2.05, 4.69) is 34.7 Å². The fourth-order valence-corrected chi connectivity index (χ4v) is 5.02. The van der Waals surface area contributed by atoms with Gasteiger partial charge in [0.1, 0.15) is 0 Å². The van der Waals surface area contributed by atoms with Crippen LogP contribution < -0.4 is 10.6 Å². The molecule has 1 aliphatic heterocycles. The number of carbonyl (C=O) groups is 1. The Morgan fingerprint density at radius 2 is 2.17 bits per heavy atom. The molecule has 2 aliphatic rings. The summed E-state index contributed by atoms with van der Waals surface area (Å²) in [5, 5.41) is 9.14. The Morgan fingerprint density at radius 1 is 1.39 bits per heavy atom. The summed E-state index contributed by atoms with van der Waals surface area (Å²) in [6, 6.07) is 4.19. The van der Waals surface area contributed by atoms with Crippen LogP contribution in [0.5, 0.6) is 0 Å². The van der Waals surface area contributed by atoms with Crippen molar-refractivity contribution < 1.29 is 4.79 Å². The number of carbonyl (C=O) groups excluding carboxylic acids is 1. The van der Waals surface area contributed by atoms with Crippen molar-refractivity contribution in [3.05, 3.63) is 22.4 Å². The van der Waals surface area contributed by atoms with Crippen molar-refractivity contribution in [2.45, 2.75) is 26.2 Å². The lowest BCUT2D eigenvalue weighted by Crippen LogP contribution is -2.31. The Labute approximate surface area is 150 Å². The van der Waals surface area contributed by atoms with Crippen molar-refractivity contribution in [1.29, 1.82) is 0 Å². The zero-order chi connectivity index (χ0) is 15.2. The number of thiophene rings is 1. The Bertz CT molecular complexity index is 706. The summed E-state index contributed by atoms with van der Waals surface area (Å²) < 4.78 is 0. The molecule has 1 saturated carbocycles. The van der Waals surface area contributed by atoms with Crippen LogP contribution in [0.3, 0.4) is 0 Å². The molecule has 1 saturated heterocycles. The first-order chi connectivity index (χ1) is 10.7. The number of piperidine rings is 1. The van der Waals surface area contributed by atoms with Gasteiger partial charge in [0.15, 0.2) is 5.13 Å². The molecule has 2 N–H and O–H groups in total. The smallest absolute Gasteiger partial charge is 0.229 e. The van der Waals surface area contributed by atoms with Gasteiger partial charge >= 0.3 is 0 Å². The normalized spacial score (nSPS) is 21.7. The summed E-state index contributed by atoms with van der Waals surface area (Å²) in [4.78, 5) is 19.4. The molecule has 3 heterocycles. The summed E-state index contributed by atoms with van der Waals surface area (Å²) in [6.45, 7) is 4.18. The number of anilines is 1. The van der Waals surface area contributed by atoms with Crippen LogP contribution in [-0.2, 0) is 4.79 Å². The molecule has 2 aromatic heterocycles. The van der Waals surface area contributed by atoms with Crippen LogP contribution in [0.2, 0.25) is 0 Å². The maximum Gasteiger partial charge on any atom is 0.229 e. The molecule has 0 aromatic carbocycles. The number of thiazole rings is 1. The highest BCUT2D eigenvalue weighted by molar-refractivity contribution is 7.17. The van der Waals surface area contributed by atoms with E-state index in [1.54, 1.807) is 11.3 Å². The van der Waals surface area contributed by atoms with E-state index in [0.717, 1.165) is 48.1 Å². The van der Waals surface area contributed by atoms with Gasteiger partial charge in [-0.05, 0) is 56.8 Å². The van der Waals surface area contributed by atoms with Crippen molar-refractivity contribution >= 4 is 46.1 Å². The second-order valence-corrected chi connectivity index (χ2v) is 8.45. The third kappa shape index (κ3) is 3.31. The van der Waals surface area contributed by atoms with Crippen LogP contribution in [0.1, 0.15) is 24.1 Å². The Balaban J connectivity index is 0.00000156. The first-order valence-corrected chi connectivity index (χ1v) is 9.40. The SMILES string of the molecule is Cc1ccc(-c2csc(NC(=O)C3CC34CCNCC4)n2)s1.Cl. The summed E-state index contributed by atoms with van der Waals surface area (Å²) in [7, 11) is 0. The standard InChI is InChI=1S/C16H19N3OS2.ClH/c1-10-2-3-13(22-10)12-9-21-15(18-12)19-14(20)11-8-16(11)4-6-17-7-5-16;/h2-3,9,11,17H,4-8H2,1H3,(H,18,19,20);1H. The second kappa shape index (κ2) is 6.51. The average Bonchev–Trinajstić information content (AvgIpc) is 2.89. The van der Waals surface area contributed by atoms with Gasteiger partial charge in [0, 0.05) is 16.2 Å². The highest BCUT2D eigenvalue weighted by Gasteiger charge is 2.57. The summed E-state index contributed by atoms with van der Waals surface area (Å²) in [5.41, 5.74) is 1.24. The lowest BCUT2D eigenvalue weighted by Gasteiger charge is -2.22. The minimum atomic E-state index is 0. The molecular formula is C16H20ClN3OS2. The molecule has 1 unspecified atom stereocenters. The summed E-state index contributed by atoms with van der Waals surface area (Å²) in [6.07, 6.45) is 3.30. The lowest BCUT2D eigenvalue weighted by atomic mass is 9.92. The quantitative estimate of drug-likeness (QED) is 0.861. The van der Waals surface area contributed by atoms with Crippen LogP contribution in [-0.4, -0.2) is 24.0 Å². The molecule has 1 spiro atoms. The van der Waals surface area contributed by atoms with Crippen LogP contribution in [0.15, 0.2) is 17.5 Å². The van der Waals surface area contributed by atoms with Crippen molar-refractivity contribution in [3.63, 3.8) is 0 Å². The Morgan fingerprint density at radius 3 is 2.87 bits per heavy atom. The molecule has 1 atom stereocenters. The van der Waals surface area contributed by atoms with E-state index in [-0.39, 0.29) is 29.6 Å². The van der Waals surface area contributed by atoms with E-state index in [9.17, 15) is 4.79 Å². The number of nitrogens with one attached hydrogen (secondary N) is 2. The fraction of sp³-hybridized carbons (Fsp3) is 0.500. The highest BCUT2D eigenvalue weighted by atomic mass is 35.5. The van der Waals surface area contributed by atoms with Crippen molar-refractivity contribution in [2.75, 3.05) is 18.4 Å². The van der Waals surface area contributed by atoms with Gasteiger partial charge < -0.3 is 10.6 Å². The van der Waals surface area contributed by atoms with E-state index in [4.69, 9.17) is 0 Å². The highest BCUT2D eigenvalue weighted by Crippen LogP contribution is 2.58. The minimum Gasteiger partial charge on any atom is -0.317 e. The van der Waals surface area contributed by atoms with Gasteiger partial charge in [-0.25, -0.2) is 4.98 Å². The molecule has 124 valence electrons. The maximum atomic E-state index is 12.4. The molecule has 1 aliphatic carbocycles. The van der Waals surface area contributed by atoms with Gasteiger partial charge in [-0.2, -0.15) is 0 Å². The number of amides is 1. The third-order valence-corrected chi connectivity index (χ3v) is 6.61. The molecule has 7 heteroatoms. The van der Waals surface area contributed by atoms with E-state index in [1.165, 1.54) is 16.2 Å². The van der Waals surface area contributed by atoms with Gasteiger partial charge in [-0.1, -0.05) is 0 Å². The van der Waals surface area contributed by atoms with Crippen molar-refractivity contribution in [1.82, 2.24) is 10.3 Å². The van der Waals surface area contributed by atoms with Crippen LogP contribution >= 0.6 is 35.1 Å². The van der Waals surface area contributed by atoms with Crippen LogP contribution in [0.4, 0.5) is 5.13 Å². The van der Waals surface area contributed by atoms with Crippen LogP contribution in [0, 0.1) is 18.3 Å². The van der Waals surface area contributed by atoms with Gasteiger partial charge in [-0.3, -0.25) is 4.79 Å². The van der Waals surface area contributed by atoms with E-state index < -0.39 is 0 Å². The number of rotatable bonds is 3. The second-order valence-electron chi connectivity index (χ2n) is 6.31. The fourth-order valence-electron chi connectivity index (χ4n) is 3.40. The number of aromatic nitrogens is 1. The molecular weight excluding hydrogens is 350 g/mol. The van der Waals surface area contributed by atoms with Gasteiger partial charge in [0.25, 0.3) is 0 Å². The predicted molar refractivity (Wildman–Crippen MR) is 98.7 cm³/mol. The molecule has 4 nitrogen and oxygen atoms in total. The number of hydrogen-bond acceptors (Lipinski definition) is 5. The zero-order valence-corrected chi connectivity index (χ0v) is 15.4. The Kier molecular flexibility index (Phi) is 4.78. The van der Waals surface area contributed by atoms with E-state index in [0.29, 0.717) is 0 Å². The van der Waals surface area contributed by atoms with Crippen LogP contribution in [0.25, 0.3) is 10.6 Å². The molecule has 0 bridgehead atoms. The first kappa shape index (κ1) is 16.9. The Hall–Kier alpha value is -0.950. The molecule has 2 fully saturated rings. The third-order valence-electron chi connectivity index (χ3n) is 4.83. The maximum absolute atomic E-state index is 12.4. The molecule has 1 amide bonds. The van der Waals surface area contributed by atoms with Gasteiger partial charge in [0.2, 0.25) is 5.91 Å². The zero-order valence-electron chi connectivity index (χ0n) is 12.9. The number of nitrogens with zero attached hydrogens (tertiary/aromatic N) is 1. The van der Waals surface area contributed by atoms with Crippen molar-refractivity contribution in [2.24, 2.45) is 11.3 Å². The average molecular weight is 370 g/mol. The van der Waals surface area contributed by atoms with Crippen molar-refractivity contribution in [3.8, 4) is 10.6 Å². The monoisotopic (exact) mass is 369 g/mol. The largest absolute Gasteiger partial charge is 0.317 e. The summed E-state index contributed by atoms with van der Waals surface area (Å²) >= 11 is 3.25. The lowest BCUT2D eigenvalue weighted by molar-refractivity contribution is -0.118. The van der Waals surface area contributed by atoms with E-state index in [1.807, 2.05) is 5.38 Å². The molecule has 2 aromatic rings. The predicted octanol–water partition coefficient (Wildman–Crippen LogP) is 3.93. The molecule has 4 rings (SSSR count). The molecule has 0 radical (unpaired) electrons. The van der Waals surface area contributed by atoms with E-state index >= 15 is 0 Å². The topological polar surface area (TPSA) is 54.0 Å². The van der Waals surface area contributed by atoms with Gasteiger partial charge in [-0.15, -0.1) is 35.1 Å². The number of aryl methyl sites for hydroxylation is 1. The van der Waals surface area contributed by atoms with Gasteiger partial charge in [0.05, 0.1) is 10.6 Å². The molecule has 23 heavy (non-hydrogen) atoms. The summed E-state index contributed by atoms with van der Waals surface area (Å²) in [5.74, 6) is 0.344.